The molecule has 1 amide bonds. The molecule has 18 heavy (non-hydrogen) atoms. The van der Waals surface area contributed by atoms with Gasteiger partial charge >= 0.3 is 0 Å². The lowest BCUT2D eigenvalue weighted by Crippen LogP contribution is -2.47. The maximum Gasteiger partial charge on any atom is 0.236 e. The van der Waals surface area contributed by atoms with Crippen molar-refractivity contribution in [2.45, 2.75) is 33.6 Å². The van der Waals surface area contributed by atoms with Crippen LogP contribution in [-0.2, 0) is 4.79 Å². The van der Waals surface area contributed by atoms with Crippen molar-refractivity contribution in [1.82, 2.24) is 9.80 Å². The number of likely N-dealkylation sites (tertiary alicyclic amines) is 1. The molecule has 106 valence electrons. The summed E-state index contributed by atoms with van der Waals surface area (Å²) in [5, 5.41) is 8.84. The largest absolute Gasteiger partial charge is 0.396 e. The molecule has 1 saturated heterocycles. The van der Waals surface area contributed by atoms with Gasteiger partial charge < -0.3 is 10.0 Å². The van der Waals surface area contributed by atoms with Crippen molar-refractivity contribution in [3.8, 4) is 0 Å². The maximum atomic E-state index is 12.2. The summed E-state index contributed by atoms with van der Waals surface area (Å²) in [5.74, 6) is 1.48. The van der Waals surface area contributed by atoms with Gasteiger partial charge in [-0.25, -0.2) is 0 Å². The Morgan fingerprint density at radius 2 is 1.94 bits per heavy atom. The summed E-state index contributed by atoms with van der Waals surface area (Å²) in [6.45, 7) is 10.7. The zero-order valence-electron chi connectivity index (χ0n) is 12.1. The third kappa shape index (κ3) is 4.94. The van der Waals surface area contributed by atoms with Crippen LogP contribution in [0.15, 0.2) is 0 Å². The van der Waals surface area contributed by atoms with Crippen molar-refractivity contribution in [2.75, 3.05) is 39.3 Å². The van der Waals surface area contributed by atoms with Crippen LogP contribution in [0, 0.1) is 11.8 Å². The Morgan fingerprint density at radius 1 is 1.33 bits per heavy atom. The summed E-state index contributed by atoms with van der Waals surface area (Å²) >= 11 is 0. The van der Waals surface area contributed by atoms with Crippen LogP contribution in [0.4, 0.5) is 0 Å². The molecule has 1 aliphatic heterocycles. The van der Waals surface area contributed by atoms with E-state index in [2.05, 4.69) is 25.7 Å². The van der Waals surface area contributed by atoms with E-state index >= 15 is 0 Å². The van der Waals surface area contributed by atoms with Gasteiger partial charge in [-0.2, -0.15) is 0 Å². The lowest BCUT2D eigenvalue weighted by molar-refractivity contribution is -0.135. The minimum absolute atomic E-state index is 0.197. The van der Waals surface area contributed by atoms with Gasteiger partial charge in [-0.05, 0) is 31.2 Å². The highest BCUT2D eigenvalue weighted by atomic mass is 16.3. The van der Waals surface area contributed by atoms with E-state index in [1.165, 1.54) is 6.42 Å². The van der Waals surface area contributed by atoms with Gasteiger partial charge in [-0.3, -0.25) is 9.69 Å². The quantitative estimate of drug-likeness (QED) is 0.776. The SMILES string of the molecule is CCN(CCCO)CC(=O)N1CC(C)CC(C)C1. The van der Waals surface area contributed by atoms with Crippen LogP contribution < -0.4 is 0 Å². The number of nitrogens with zero attached hydrogens (tertiary/aromatic N) is 2. The Morgan fingerprint density at radius 3 is 2.44 bits per heavy atom. The predicted octanol–water partition coefficient (Wildman–Crippen LogP) is 1.20. The number of aliphatic hydroxyl groups excluding tert-OH is 1. The Bertz CT molecular complexity index is 248. The smallest absolute Gasteiger partial charge is 0.236 e. The molecule has 0 aliphatic carbocycles. The van der Waals surface area contributed by atoms with Gasteiger partial charge in [0.05, 0.1) is 6.54 Å². The Hall–Kier alpha value is -0.610. The van der Waals surface area contributed by atoms with Crippen molar-refractivity contribution in [3.05, 3.63) is 0 Å². The zero-order valence-corrected chi connectivity index (χ0v) is 12.1. The fraction of sp³-hybridized carbons (Fsp3) is 0.929. The van der Waals surface area contributed by atoms with Crippen molar-refractivity contribution in [2.24, 2.45) is 11.8 Å². The monoisotopic (exact) mass is 256 g/mol. The molecule has 4 heteroatoms. The molecule has 1 N–H and O–H groups in total. The summed E-state index contributed by atoms with van der Waals surface area (Å²) in [5.41, 5.74) is 0. The van der Waals surface area contributed by atoms with Crippen LogP contribution in [0.2, 0.25) is 0 Å². The average molecular weight is 256 g/mol. The van der Waals surface area contributed by atoms with Gasteiger partial charge in [0.25, 0.3) is 0 Å². The number of hydrogen-bond acceptors (Lipinski definition) is 3. The summed E-state index contributed by atoms with van der Waals surface area (Å²) in [4.78, 5) is 16.4. The number of aliphatic hydroxyl groups is 1. The van der Waals surface area contributed by atoms with E-state index in [-0.39, 0.29) is 12.5 Å². The zero-order chi connectivity index (χ0) is 13.5. The molecule has 1 heterocycles. The molecular weight excluding hydrogens is 228 g/mol. The van der Waals surface area contributed by atoms with E-state index in [0.29, 0.717) is 18.4 Å². The lowest BCUT2D eigenvalue weighted by Gasteiger charge is -2.36. The van der Waals surface area contributed by atoms with E-state index in [1.807, 2.05) is 4.90 Å². The summed E-state index contributed by atoms with van der Waals surface area (Å²) in [7, 11) is 0. The fourth-order valence-corrected chi connectivity index (χ4v) is 2.80. The number of carbonyl (C=O) groups is 1. The first-order valence-electron chi connectivity index (χ1n) is 7.17. The summed E-state index contributed by atoms with van der Waals surface area (Å²) in [6, 6.07) is 0. The van der Waals surface area contributed by atoms with Gasteiger partial charge in [-0.1, -0.05) is 20.8 Å². The first kappa shape index (κ1) is 15.4. The minimum Gasteiger partial charge on any atom is -0.396 e. The molecule has 0 aromatic carbocycles. The van der Waals surface area contributed by atoms with Gasteiger partial charge in [0.15, 0.2) is 0 Å². The second-order valence-electron chi connectivity index (χ2n) is 5.69. The van der Waals surface area contributed by atoms with Crippen molar-refractivity contribution in [1.29, 1.82) is 0 Å². The van der Waals surface area contributed by atoms with Crippen molar-refractivity contribution >= 4 is 5.91 Å². The molecular formula is C14H28N2O2. The Balaban J connectivity index is 2.42. The van der Waals surface area contributed by atoms with E-state index < -0.39 is 0 Å². The molecule has 0 radical (unpaired) electrons. The Labute approximate surface area is 111 Å². The minimum atomic E-state index is 0.197. The second-order valence-corrected chi connectivity index (χ2v) is 5.69. The van der Waals surface area contributed by atoms with Crippen LogP contribution in [0.25, 0.3) is 0 Å². The van der Waals surface area contributed by atoms with Gasteiger partial charge in [0, 0.05) is 26.2 Å². The maximum absolute atomic E-state index is 12.2. The topological polar surface area (TPSA) is 43.8 Å². The lowest BCUT2D eigenvalue weighted by atomic mass is 9.92. The van der Waals surface area contributed by atoms with Gasteiger partial charge in [0.1, 0.15) is 0 Å². The van der Waals surface area contributed by atoms with Crippen LogP contribution in [0.1, 0.15) is 33.6 Å². The molecule has 0 aromatic heterocycles. The van der Waals surface area contributed by atoms with Gasteiger partial charge in [-0.15, -0.1) is 0 Å². The average Bonchev–Trinajstić information content (AvgIpc) is 2.32. The molecule has 1 fully saturated rings. The number of hydrogen-bond donors (Lipinski definition) is 1. The van der Waals surface area contributed by atoms with E-state index in [0.717, 1.165) is 32.6 Å². The first-order chi connectivity index (χ1) is 8.56. The van der Waals surface area contributed by atoms with Crippen LogP contribution in [0.3, 0.4) is 0 Å². The molecule has 0 bridgehead atoms. The van der Waals surface area contributed by atoms with E-state index in [9.17, 15) is 4.79 Å². The molecule has 1 aliphatic rings. The number of likely N-dealkylation sites (N-methyl/N-ethyl adjacent to an activating group) is 1. The standard InChI is InChI=1S/C14H28N2O2/c1-4-15(6-5-7-17)11-14(18)16-9-12(2)8-13(3)10-16/h12-13,17H,4-11H2,1-3H3. The number of rotatable bonds is 6. The molecule has 2 unspecified atom stereocenters. The fourth-order valence-electron chi connectivity index (χ4n) is 2.80. The normalized spacial score (nSPS) is 24.6. The highest BCUT2D eigenvalue weighted by Gasteiger charge is 2.25. The summed E-state index contributed by atoms with van der Waals surface area (Å²) < 4.78 is 0. The van der Waals surface area contributed by atoms with Crippen LogP contribution in [0.5, 0.6) is 0 Å². The third-order valence-electron chi connectivity index (χ3n) is 3.66. The number of amides is 1. The molecule has 0 saturated carbocycles. The van der Waals surface area contributed by atoms with E-state index in [4.69, 9.17) is 5.11 Å². The number of piperidine rings is 1. The van der Waals surface area contributed by atoms with Crippen LogP contribution in [-0.4, -0.2) is 60.1 Å². The molecule has 0 aromatic rings. The summed E-state index contributed by atoms with van der Waals surface area (Å²) in [6.07, 6.45) is 1.97. The highest BCUT2D eigenvalue weighted by molar-refractivity contribution is 5.78. The molecule has 4 nitrogen and oxygen atoms in total. The third-order valence-corrected chi connectivity index (χ3v) is 3.66. The van der Waals surface area contributed by atoms with Crippen molar-refractivity contribution in [3.63, 3.8) is 0 Å². The van der Waals surface area contributed by atoms with Gasteiger partial charge in [0.2, 0.25) is 5.91 Å². The predicted molar refractivity (Wildman–Crippen MR) is 73.3 cm³/mol. The van der Waals surface area contributed by atoms with Crippen LogP contribution >= 0.6 is 0 Å². The first-order valence-corrected chi connectivity index (χ1v) is 7.17. The Kier molecular flexibility index (Phi) is 6.65. The van der Waals surface area contributed by atoms with Crippen molar-refractivity contribution < 1.29 is 9.90 Å². The molecule has 0 spiro atoms. The molecule has 2 atom stereocenters. The molecule has 1 rings (SSSR count). The second kappa shape index (κ2) is 7.74. The number of carbonyl (C=O) groups excluding carboxylic acids is 1. The van der Waals surface area contributed by atoms with E-state index in [1.54, 1.807) is 0 Å². The highest BCUT2D eigenvalue weighted by Crippen LogP contribution is 2.20.